The van der Waals surface area contributed by atoms with Crippen LogP contribution in [0.4, 0.5) is 0 Å². The number of hydrogen-bond donors (Lipinski definition) is 3. The van der Waals surface area contributed by atoms with Crippen LogP contribution in [0.2, 0.25) is 0 Å². The Morgan fingerprint density at radius 1 is 1.21 bits per heavy atom. The molecular formula is C9H19N3O2. The Morgan fingerprint density at radius 3 is 2.21 bits per heavy atom. The van der Waals surface area contributed by atoms with Gasteiger partial charge in [-0.3, -0.25) is 9.59 Å². The van der Waals surface area contributed by atoms with Gasteiger partial charge in [-0.25, -0.2) is 0 Å². The molecule has 0 unspecified atom stereocenters. The van der Waals surface area contributed by atoms with Gasteiger partial charge in [0.2, 0.25) is 11.8 Å². The van der Waals surface area contributed by atoms with E-state index in [1.54, 1.807) is 6.92 Å². The maximum absolute atomic E-state index is 11.1. The van der Waals surface area contributed by atoms with Gasteiger partial charge >= 0.3 is 0 Å². The summed E-state index contributed by atoms with van der Waals surface area (Å²) in [6.07, 6.45) is 0. The molecule has 0 spiro atoms. The lowest BCUT2D eigenvalue weighted by Gasteiger charge is -2.09. The summed E-state index contributed by atoms with van der Waals surface area (Å²) in [6.45, 7) is 6.18. The van der Waals surface area contributed by atoms with Crippen molar-refractivity contribution in [3.05, 3.63) is 0 Å². The average molecular weight is 201 g/mol. The molecule has 1 atom stereocenters. The van der Waals surface area contributed by atoms with Crippen LogP contribution in [0.15, 0.2) is 0 Å². The van der Waals surface area contributed by atoms with Crippen LogP contribution in [0, 0.1) is 5.92 Å². The normalized spacial score (nSPS) is 12.4. The third-order valence-electron chi connectivity index (χ3n) is 1.54. The van der Waals surface area contributed by atoms with E-state index in [0.717, 1.165) is 0 Å². The molecule has 0 fully saturated rings. The molecule has 0 radical (unpaired) electrons. The number of rotatable bonds is 5. The molecule has 0 aromatic rings. The first-order valence-corrected chi connectivity index (χ1v) is 4.73. The van der Waals surface area contributed by atoms with E-state index in [0.29, 0.717) is 12.5 Å². The molecule has 0 aliphatic rings. The second-order valence-corrected chi connectivity index (χ2v) is 3.70. The average Bonchev–Trinajstić information content (AvgIpc) is 2.10. The van der Waals surface area contributed by atoms with Crippen LogP contribution >= 0.6 is 0 Å². The highest BCUT2D eigenvalue weighted by molar-refractivity contribution is 5.86. The van der Waals surface area contributed by atoms with E-state index in [4.69, 9.17) is 5.73 Å². The summed E-state index contributed by atoms with van der Waals surface area (Å²) >= 11 is 0. The van der Waals surface area contributed by atoms with E-state index < -0.39 is 6.04 Å². The van der Waals surface area contributed by atoms with Crippen LogP contribution < -0.4 is 16.4 Å². The fourth-order valence-electron chi connectivity index (χ4n) is 0.709. The molecule has 14 heavy (non-hydrogen) atoms. The van der Waals surface area contributed by atoms with E-state index in [-0.39, 0.29) is 18.4 Å². The van der Waals surface area contributed by atoms with Crippen molar-refractivity contribution < 1.29 is 9.59 Å². The molecular weight excluding hydrogens is 182 g/mol. The second-order valence-electron chi connectivity index (χ2n) is 3.70. The molecule has 0 bridgehead atoms. The standard InChI is InChI=1S/C9H19N3O2/c1-6(2)4-11-8(13)5-12-9(14)7(3)10/h6-7H,4-5,10H2,1-3H3,(H,11,13)(H,12,14)/t7-/m0/s1. The molecule has 0 aromatic carbocycles. The zero-order chi connectivity index (χ0) is 11.1. The van der Waals surface area contributed by atoms with Crippen LogP contribution in [0.3, 0.4) is 0 Å². The summed E-state index contributed by atoms with van der Waals surface area (Å²) in [7, 11) is 0. The van der Waals surface area contributed by atoms with Crippen LogP contribution in [0.25, 0.3) is 0 Å². The number of nitrogens with one attached hydrogen (secondary N) is 2. The van der Waals surface area contributed by atoms with Crippen molar-refractivity contribution in [1.29, 1.82) is 0 Å². The summed E-state index contributed by atoms with van der Waals surface area (Å²) in [5.41, 5.74) is 5.30. The Morgan fingerprint density at radius 2 is 1.79 bits per heavy atom. The quantitative estimate of drug-likeness (QED) is 0.545. The van der Waals surface area contributed by atoms with Gasteiger partial charge in [-0.2, -0.15) is 0 Å². The van der Waals surface area contributed by atoms with Gasteiger partial charge in [0, 0.05) is 6.54 Å². The molecule has 0 saturated heterocycles. The third kappa shape index (κ3) is 6.42. The zero-order valence-corrected chi connectivity index (χ0v) is 8.96. The number of amides is 2. The highest BCUT2D eigenvalue weighted by Gasteiger charge is 2.08. The first-order valence-electron chi connectivity index (χ1n) is 4.73. The summed E-state index contributed by atoms with van der Waals surface area (Å²) < 4.78 is 0. The number of carbonyl (C=O) groups is 2. The van der Waals surface area contributed by atoms with Crippen LogP contribution in [-0.2, 0) is 9.59 Å². The number of carbonyl (C=O) groups excluding carboxylic acids is 2. The molecule has 5 heteroatoms. The summed E-state index contributed by atoms with van der Waals surface area (Å²) in [5, 5.41) is 5.11. The molecule has 82 valence electrons. The topological polar surface area (TPSA) is 84.2 Å². The summed E-state index contributed by atoms with van der Waals surface area (Å²) in [4.78, 5) is 22.1. The van der Waals surface area contributed by atoms with Gasteiger partial charge in [0.05, 0.1) is 12.6 Å². The van der Waals surface area contributed by atoms with Crippen molar-refractivity contribution in [2.75, 3.05) is 13.1 Å². The van der Waals surface area contributed by atoms with Gasteiger partial charge < -0.3 is 16.4 Å². The van der Waals surface area contributed by atoms with Crippen LogP contribution in [-0.4, -0.2) is 30.9 Å². The van der Waals surface area contributed by atoms with Crippen LogP contribution in [0.5, 0.6) is 0 Å². The lowest BCUT2D eigenvalue weighted by Crippen LogP contribution is -2.44. The Hall–Kier alpha value is -1.10. The van der Waals surface area contributed by atoms with Gasteiger partial charge in [0.1, 0.15) is 0 Å². The van der Waals surface area contributed by atoms with Gasteiger partial charge in [0.15, 0.2) is 0 Å². The molecule has 0 rings (SSSR count). The van der Waals surface area contributed by atoms with E-state index in [1.165, 1.54) is 0 Å². The fourth-order valence-corrected chi connectivity index (χ4v) is 0.709. The first-order chi connectivity index (χ1) is 6.43. The lowest BCUT2D eigenvalue weighted by molar-refractivity contribution is -0.126. The minimum atomic E-state index is -0.576. The van der Waals surface area contributed by atoms with Crippen molar-refractivity contribution in [2.45, 2.75) is 26.8 Å². The van der Waals surface area contributed by atoms with E-state index in [2.05, 4.69) is 10.6 Å². The summed E-state index contributed by atoms with van der Waals surface area (Å²) in [6, 6.07) is -0.576. The van der Waals surface area contributed by atoms with Crippen molar-refractivity contribution in [2.24, 2.45) is 11.7 Å². The van der Waals surface area contributed by atoms with Gasteiger partial charge in [-0.1, -0.05) is 13.8 Å². The number of nitrogens with two attached hydrogens (primary N) is 1. The van der Waals surface area contributed by atoms with Crippen molar-refractivity contribution in [3.8, 4) is 0 Å². The van der Waals surface area contributed by atoms with Crippen molar-refractivity contribution in [1.82, 2.24) is 10.6 Å². The molecule has 0 aromatic heterocycles. The Kier molecular flexibility index (Phi) is 5.87. The SMILES string of the molecule is CC(C)CNC(=O)CNC(=O)[C@H](C)N. The molecule has 2 amide bonds. The van der Waals surface area contributed by atoms with Gasteiger partial charge in [-0.05, 0) is 12.8 Å². The summed E-state index contributed by atoms with van der Waals surface area (Å²) in [5.74, 6) is -0.0968. The monoisotopic (exact) mass is 201 g/mol. The van der Waals surface area contributed by atoms with Crippen molar-refractivity contribution in [3.63, 3.8) is 0 Å². The van der Waals surface area contributed by atoms with E-state index in [1.807, 2.05) is 13.8 Å². The van der Waals surface area contributed by atoms with Gasteiger partial charge in [0.25, 0.3) is 0 Å². The molecule has 0 heterocycles. The second kappa shape index (κ2) is 6.37. The first kappa shape index (κ1) is 12.9. The molecule has 5 nitrogen and oxygen atoms in total. The third-order valence-corrected chi connectivity index (χ3v) is 1.54. The minimum Gasteiger partial charge on any atom is -0.354 e. The Balaban J connectivity index is 3.59. The zero-order valence-electron chi connectivity index (χ0n) is 8.96. The van der Waals surface area contributed by atoms with Crippen LogP contribution in [0.1, 0.15) is 20.8 Å². The highest BCUT2D eigenvalue weighted by Crippen LogP contribution is 1.86. The number of hydrogen-bond acceptors (Lipinski definition) is 3. The molecule has 0 saturated carbocycles. The fraction of sp³-hybridized carbons (Fsp3) is 0.778. The van der Waals surface area contributed by atoms with E-state index >= 15 is 0 Å². The largest absolute Gasteiger partial charge is 0.354 e. The lowest BCUT2D eigenvalue weighted by atomic mass is 10.2. The van der Waals surface area contributed by atoms with Crippen molar-refractivity contribution >= 4 is 11.8 Å². The Bertz CT molecular complexity index is 202. The minimum absolute atomic E-state index is 0.00685. The Labute approximate surface area is 84.4 Å². The smallest absolute Gasteiger partial charge is 0.239 e. The molecule has 4 N–H and O–H groups in total. The predicted octanol–water partition coefficient (Wildman–Crippen LogP) is -0.778. The predicted molar refractivity (Wildman–Crippen MR) is 54.5 cm³/mol. The van der Waals surface area contributed by atoms with Gasteiger partial charge in [-0.15, -0.1) is 0 Å². The maximum Gasteiger partial charge on any atom is 0.239 e. The maximum atomic E-state index is 11.1. The highest BCUT2D eigenvalue weighted by atomic mass is 16.2. The molecule has 0 aliphatic carbocycles. The molecule has 0 aliphatic heterocycles. The van der Waals surface area contributed by atoms with E-state index in [9.17, 15) is 9.59 Å².